The first kappa shape index (κ1) is 22.8. The van der Waals surface area contributed by atoms with Crippen LogP contribution in [0.5, 0.6) is 0 Å². The first-order valence-electron chi connectivity index (χ1n) is 11.0. The summed E-state index contributed by atoms with van der Waals surface area (Å²) in [4.78, 5) is 30.5. The molecule has 170 valence electrons. The summed E-state index contributed by atoms with van der Waals surface area (Å²) in [7, 11) is 0. The average Bonchev–Trinajstić information content (AvgIpc) is 3.18. The van der Waals surface area contributed by atoms with E-state index in [-0.39, 0.29) is 30.2 Å². The molecule has 1 aromatic carbocycles. The second-order valence-electron chi connectivity index (χ2n) is 9.39. The van der Waals surface area contributed by atoms with E-state index in [9.17, 15) is 14.7 Å². The van der Waals surface area contributed by atoms with Gasteiger partial charge in [0.1, 0.15) is 5.60 Å². The van der Waals surface area contributed by atoms with E-state index in [2.05, 4.69) is 13.8 Å². The van der Waals surface area contributed by atoms with Crippen LogP contribution in [-0.4, -0.2) is 70.2 Å². The Morgan fingerprint density at radius 3 is 2.55 bits per heavy atom. The fourth-order valence-electron chi connectivity index (χ4n) is 5.48. The van der Waals surface area contributed by atoms with Gasteiger partial charge in [0, 0.05) is 19.0 Å². The molecular formula is C23H30Cl2N2O4. The molecule has 1 aliphatic carbocycles. The fourth-order valence-corrected chi connectivity index (χ4v) is 5.80. The van der Waals surface area contributed by atoms with Crippen molar-refractivity contribution in [1.82, 2.24) is 9.80 Å². The molecule has 2 saturated heterocycles. The van der Waals surface area contributed by atoms with Crippen molar-refractivity contribution < 1.29 is 19.4 Å². The highest BCUT2D eigenvalue weighted by Crippen LogP contribution is 2.41. The number of piperazine rings is 1. The molecule has 4 rings (SSSR count). The summed E-state index contributed by atoms with van der Waals surface area (Å²) in [5, 5.41) is 11.8. The Labute approximate surface area is 193 Å². The minimum Gasteiger partial charge on any atom is -0.380 e. The zero-order valence-electron chi connectivity index (χ0n) is 18.1. The standard InChI is InChI=1S/C23H30Cl2N2O4/c1-15-13-31-14-19-22(15,2)27(20(28)12-16-5-6-17(24)18(25)11-16)10-9-26(19)21(29)23(30)7-3-4-8-23/h5-6,11,15,19,30H,3-4,7-10,12-14H2,1-2H3. The largest absolute Gasteiger partial charge is 0.380 e. The Kier molecular flexibility index (Phi) is 6.29. The molecule has 3 fully saturated rings. The van der Waals surface area contributed by atoms with Crippen molar-refractivity contribution >= 4 is 35.0 Å². The number of carbonyl (C=O) groups is 2. The Hall–Kier alpha value is -1.34. The monoisotopic (exact) mass is 468 g/mol. The summed E-state index contributed by atoms with van der Waals surface area (Å²) >= 11 is 12.1. The lowest BCUT2D eigenvalue weighted by atomic mass is 9.74. The molecule has 0 spiro atoms. The van der Waals surface area contributed by atoms with Gasteiger partial charge < -0.3 is 19.6 Å². The summed E-state index contributed by atoms with van der Waals surface area (Å²) in [6.45, 7) is 5.82. The van der Waals surface area contributed by atoms with Crippen LogP contribution in [0.25, 0.3) is 0 Å². The van der Waals surface area contributed by atoms with Crippen molar-refractivity contribution in [2.75, 3.05) is 26.3 Å². The minimum absolute atomic E-state index is 0.00804. The van der Waals surface area contributed by atoms with Crippen molar-refractivity contribution in [1.29, 1.82) is 0 Å². The molecule has 3 unspecified atom stereocenters. The molecule has 1 N–H and O–H groups in total. The van der Waals surface area contributed by atoms with Crippen molar-refractivity contribution in [2.24, 2.45) is 5.92 Å². The maximum Gasteiger partial charge on any atom is 0.255 e. The highest BCUT2D eigenvalue weighted by Gasteiger charge is 2.56. The third-order valence-corrected chi connectivity index (χ3v) is 8.31. The van der Waals surface area contributed by atoms with Gasteiger partial charge in [-0.1, -0.05) is 36.2 Å². The molecule has 8 heteroatoms. The zero-order chi connectivity index (χ0) is 22.4. The van der Waals surface area contributed by atoms with Gasteiger partial charge in [-0.3, -0.25) is 9.59 Å². The molecule has 2 amide bonds. The number of carbonyl (C=O) groups excluding carboxylic acids is 2. The van der Waals surface area contributed by atoms with Crippen LogP contribution in [0.3, 0.4) is 0 Å². The van der Waals surface area contributed by atoms with Gasteiger partial charge in [0.05, 0.1) is 41.3 Å². The highest BCUT2D eigenvalue weighted by atomic mass is 35.5. The summed E-state index contributed by atoms with van der Waals surface area (Å²) in [6, 6.07) is 4.95. The number of fused-ring (bicyclic) bond motifs is 1. The Bertz CT molecular complexity index is 873. The van der Waals surface area contributed by atoms with E-state index in [4.69, 9.17) is 27.9 Å². The van der Waals surface area contributed by atoms with Gasteiger partial charge in [-0.25, -0.2) is 0 Å². The number of benzene rings is 1. The molecule has 0 aromatic heterocycles. The maximum absolute atomic E-state index is 13.4. The molecule has 2 heterocycles. The molecule has 3 aliphatic rings. The van der Waals surface area contributed by atoms with Gasteiger partial charge in [-0.15, -0.1) is 0 Å². The predicted molar refractivity (Wildman–Crippen MR) is 119 cm³/mol. The third-order valence-electron chi connectivity index (χ3n) is 7.57. The van der Waals surface area contributed by atoms with Crippen LogP contribution in [0.2, 0.25) is 10.0 Å². The van der Waals surface area contributed by atoms with Gasteiger partial charge in [0.15, 0.2) is 0 Å². The summed E-state index contributed by atoms with van der Waals surface area (Å²) < 4.78 is 5.82. The van der Waals surface area contributed by atoms with E-state index in [1.165, 1.54) is 0 Å². The second kappa shape index (κ2) is 8.54. The SMILES string of the molecule is CC1COCC2N(C(=O)C3(O)CCCC3)CCN(C(=O)Cc3ccc(Cl)c(Cl)c3)C12C. The third kappa shape index (κ3) is 3.97. The molecular weight excluding hydrogens is 439 g/mol. The molecule has 0 bridgehead atoms. The lowest BCUT2D eigenvalue weighted by molar-refractivity contribution is -0.187. The first-order valence-corrected chi connectivity index (χ1v) is 11.8. The molecule has 1 saturated carbocycles. The van der Waals surface area contributed by atoms with Gasteiger partial charge in [0.25, 0.3) is 5.91 Å². The van der Waals surface area contributed by atoms with E-state index >= 15 is 0 Å². The number of hydrogen-bond acceptors (Lipinski definition) is 4. The number of ether oxygens (including phenoxy) is 1. The van der Waals surface area contributed by atoms with Gasteiger partial charge in [0.2, 0.25) is 5.91 Å². The quantitative estimate of drug-likeness (QED) is 0.738. The average molecular weight is 469 g/mol. The zero-order valence-corrected chi connectivity index (χ0v) is 19.6. The topological polar surface area (TPSA) is 70.1 Å². The van der Waals surface area contributed by atoms with Crippen LogP contribution >= 0.6 is 23.2 Å². The molecule has 2 aliphatic heterocycles. The number of halogens is 2. The summed E-state index contributed by atoms with van der Waals surface area (Å²) in [5.41, 5.74) is -1.06. The van der Waals surface area contributed by atoms with E-state index < -0.39 is 11.1 Å². The van der Waals surface area contributed by atoms with Crippen molar-refractivity contribution in [3.05, 3.63) is 33.8 Å². The first-order chi connectivity index (χ1) is 14.7. The van der Waals surface area contributed by atoms with Gasteiger partial charge in [-0.05, 0) is 50.3 Å². The smallest absolute Gasteiger partial charge is 0.255 e. The fraction of sp³-hybridized carbons (Fsp3) is 0.652. The van der Waals surface area contributed by atoms with E-state index in [1.807, 2.05) is 11.0 Å². The Morgan fingerprint density at radius 1 is 1.16 bits per heavy atom. The lowest BCUT2D eigenvalue weighted by Crippen LogP contribution is -2.76. The van der Waals surface area contributed by atoms with Crippen molar-refractivity contribution in [3.8, 4) is 0 Å². The maximum atomic E-state index is 13.4. The number of amides is 2. The number of rotatable bonds is 3. The predicted octanol–water partition coefficient (Wildman–Crippen LogP) is 3.31. The lowest BCUT2D eigenvalue weighted by Gasteiger charge is -2.59. The molecule has 3 atom stereocenters. The van der Waals surface area contributed by atoms with Crippen LogP contribution in [0, 0.1) is 5.92 Å². The van der Waals surface area contributed by atoms with Gasteiger partial charge >= 0.3 is 0 Å². The number of aliphatic hydroxyl groups is 1. The van der Waals surface area contributed by atoms with Crippen LogP contribution in [0.4, 0.5) is 0 Å². The summed E-state index contributed by atoms with van der Waals surface area (Å²) in [5.74, 6) is -0.181. The van der Waals surface area contributed by atoms with Crippen molar-refractivity contribution in [2.45, 2.75) is 63.1 Å². The van der Waals surface area contributed by atoms with Crippen LogP contribution < -0.4 is 0 Å². The Balaban J connectivity index is 1.59. The highest BCUT2D eigenvalue weighted by molar-refractivity contribution is 6.42. The van der Waals surface area contributed by atoms with Crippen LogP contribution in [0.1, 0.15) is 45.1 Å². The van der Waals surface area contributed by atoms with Crippen LogP contribution in [0.15, 0.2) is 18.2 Å². The normalized spacial score (nSPS) is 30.2. The molecule has 31 heavy (non-hydrogen) atoms. The Morgan fingerprint density at radius 2 is 1.87 bits per heavy atom. The second-order valence-corrected chi connectivity index (χ2v) is 10.2. The van der Waals surface area contributed by atoms with Gasteiger partial charge in [-0.2, -0.15) is 0 Å². The molecule has 6 nitrogen and oxygen atoms in total. The van der Waals surface area contributed by atoms with E-state index in [0.717, 1.165) is 18.4 Å². The number of nitrogens with zero attached hydrogens (tertiary/aromatic N) is 2. The molecule has 1 aromatic rings. The minimum atomic E-state index is -1.28. The summed E-state index contributed by atoms with van der Waals surface area (Å²) in [6.07, 6.45) is 2.94. The van der Waals surface area contributed by atoms with E-state index in [1.54, 1.807) is 17.0 Å². The number of hydrogen-bond donors (Lipinski definition) is 1. The van der Waals surface area contributed by atoms with Crippen molar-refractivity contribution in [3.63, 3.8) is 0 Å². The molecule has 0 radical (unpaired) electrons. The van der Waals surface area contributed by atoms with E-state index in [0.29, 0.717) is 49.2 Å². The van der Waals surface area contributed by atoms with Crippen LogP contribution in [-0.2, 0) is 20.7 Å².